The lowest BCUT2D eigenvalue weighted by Gasteiger charge is -2.27. The van der Waals surface area contributed by atoms with Crippen LogP contribution in [0.1, 0.15) is 47.2 Å². The van der Waals surface area contributed by atoms with Crippen LogP contribution in [0.3, 0.4) is 0 Å². The molecule has 0 bridgehead atoms. The number of nitrogens with zero attached hydrogens (tertiary/aromatic N) is 3. The number of ether oxygens (including phenoxy) is 2. The molecule has 0 spiro atoms. The van der Waals surface area contributed by atoms with Crippen molar-refractivity contribution in [1.82, 2.24) is 19.9 Å². The molecular weight excluding hydrogens is 489 g/mol. The number of carbonyl (C=O) groups is 1. The quantitative estimate of drug-likeness (QED) is 0.459. The summed E-state index contributed by atoms with van der Waals surface area (Å²) >= 11 is 0. The van der Waals surface area contributed by atoms with Crippen LogP contribution in [-0.4, -0.2) is 64.7 Å². The van der Waals surface area contributed by atoms with Gasteiger partial charge in [0.05, 0.1) is 36.5 Å². The van der Waals surface area contributed by atoms with Gasteiger partial charge in [-0.2, -0.15) is 23.1 Å². The van der Waals surface area contributed by atoms with E-state index in [0.29, 0.717) is 56.3 Å². The van der Waals surface area contributed by atoms with Gasteiger partial charge in [-0.25, -0.2) is 0 Å². The lowest BCUT2D eigenvalue weighted by Crippen LogP contribution is -2.41. The maximum absolute atomic E-state index is 13.7. The van der Waals surface area contributed by atoms with Gasteiger partial charge in [0.15, 0.2) is 0 Å². The van der Waals surface area contributed by atoms with Crippen molar-refractivity contribution in [2.45, 2.75) is 44.3 Å². The summed E-state index contributed by atoms with van der Waals surface area (Å²) in [5.41, 5.74) is 1.22. The van der Waals surface area contributed by atoms with E-state index in [1.807, 2.05) is 0 Å². The highest BCUT2D eigenvalue weighted by Gasteiger charge is 2.36. The van der Waals surface area contributed by atoms with Crippen LogP contribution in [0.25, 0.3) is 11.0 Å². The molecule has 6 rings (SSSR count). The molecule has 3 N–H and O–H groups in total. The Labute approximate surface area is 210 Å². The third-order valence-corrected chi connectivity index (χ3v) is 7.17. The molecule has 9 nitrogen and oxygen atoms in total. The van der Waals surface area contributed by atoms with Gasteiger partial charge in [-0.15, -0.1) is 0 Å². The third kappa shape index (κ3) is 4.54. The largest absolute Gasteiger partial charge is 0.491 e. The monoisotopic (exact) mass is 516 g/mol. The van der Waals surface area contributed by atoms with Gasteiger partial charge in [0.2, 0.25) is 5.95 Å². The van der Waals surface area contributed by atoms with Crippen molar-refractivity contribution in [2.75, 3.05) is 43.5 Å². The first-order valence-corrected chi connectivity index (χ1v) is 12.5. The van der Waals surface area contributed by atoms with Crippen LogP contribution in [0.5, 0.6) is 5.75 Å². The molecule has 1 saturated heterocycles. The van der Waals surface area contributed by atoms with Crippen molar-refractivity contribution in [3.05, 3.63) is 35.0 Å². The molecule has 4 heterocycles. The van der Waals surface area contributed by atoms with E-state index in [9.17, 15) is 18.0 Å². The van der Waals surface area contributed by atoms with E-state index in [-0.39, 0.29) is 34.7 Å². The van der Waals surface area contributed by atoms with Crippen LogP contribution in [0, 0.1) is 0 Å². The summed E-state index contributed by atoms with van der Waals surface area (Å²) in [7, 11) is 0. The van der Waals surface area contributed by atoms with Crippen LogP contribution in [0.4, 0.5) is 30.6 Å². The number of hydrogen-bond acceptors (Lipinski definition) is 7. The highest BCUT2D eigenvalue weighted by molar-refractivity contribution is 5.98. The number of fused-ring (bicyclic) bond motifs is 2. The number of halogens is 3. The van der Waals surface area contributed by atoms with Crippen molar-refractivity contribution in [1.29, 1.82) is 0 Å². The molecule has 3 aromatic rings. The lowest BCUT2D eigenvalue weighted by molar-refractivity contribution is -0.136. The normalized spacial score (nSPS) is 18.2. The maximum atomic E-state index is 13.7. The first kappa shape index (κ1) is 23.8. The molecule has 0 unspecified atom stereocenters. The fourth-order valence-electron chi connectivity index (χ4n) is 5.33. The van der Waals surface area contributed by atoms with E-state index in [2.05, 4.69) is 25.6 Å². The van der Waals surface area contributed by atoms with Crippen LogP contribution >= 0.6 is 0 Å². The van der Waals surface area contributed by atoms with Crippen molar-refractivity contribution < 1.29 is 27.4 Å². The number of aromatic amines is 1. The second kappa shape index (κ2) is 9.40. The smallest absolute Gasteiger partial charge is 0.418 e. The third-order valence-electron chi connectivity index (χ3n) is 7.17. The number of nitrogens with one attached hydrogen (secondary N) is 3. The standard InChI is InChI=1S/C25H27F3N6O3/c26-25(27,28)17-13-29-21-19(17)22(30-14-3-1-2-4-14)33-24(32-21)31-18-6-5-16(15-7-10-37-20(15)18)23(35)34-8-11-36-12-9-34/h5-6,13-14H,1-4,7-12H2,(H3,29,30,31,32,33). The molecule has 12 heteroatoms. The zero-order valence-electron chi connectivity index (χ0n) is 20.1. The summed E-state index contributed by atoms with van der Waals surface area (Å²) in [6, 6.07) is 3.53. The van der Waals surface area contributed by atoms with Crippen molar-refractivity contribution >= 4 is 34.4 Å². The van der Waals surface area contributed by atoms with E-state index in [4.69, 9.17) is 9.47 Å². The molecule has 196 valence electrons. The van der Waals surface area contributed by atoms with Crippen LogP contribution in [-0.2, 0) is 17.3 Å². The molecule has 0 radical (unpaired) electrons. The lowest BCUT2D eigenvalue weighted by atomic mass is 10.0. The Morgan fingerprint density at radius 1 is 1.11 bits per heavy atom. The molecule has 3 aliphatic rings. The molecule has 1 saturated carbocycles. The van der Waals surface area contributed by atoms with Gasteiger partial charge in [0.1, 0.15) is 17.2 Å². The fraction of sp³-hybridized carbons (Fsp3) is 0.480. The Kier molecular flexibility index (Phi) is 6.06. The Morgan fingerprint density at radius 2 is 1.89 bits per heavy atom. The number of hydrogen-bond donors (Lipinski definition) is 3. The topological polar surface area (TPSA) is 104 Å². The van der Waals surface area contributed by atoms with Crippen molar-refractivity contribution in [2.24, 2.45) is 0 Å². The second-order valence-electron chi connectivity index (χ2n) is 9.54. The Morgan fingerprint density at radius 3 is 2.65 bits per heavy atom. The van der Waals surface area contributed by atoms with Gasteiger partial charge < -0.3 is 30.0 Å². The minimum Gasteiger partial charge on any atom is -0.491 e. The van der Waals surface area contributed by atoms with Crippen molar-refractivity contribution in [3.8, 4) is 5.75 Å². The van der Waals surface area contributed by atoms with Gasteiger partial charge in [-0.05, 0) is 25.0 Å². The number of amides is 1. The molecule has 0 atom stereocenters. The molecule has 1 amide bonds. The van der Waals surface area contributed by atoms with E-state index in [1.54, 1.807) is 17.0 Å². The van der Waals surface area contributed by atoms with Gasteiger partial charge in [0, 0.05) is 42.9 Å². The van der Waals surface area contributed by atoms with Gasteiger partial charge in [-0.1, -0.05) is 12.8 Å². The number of rotatable bonds is 5. The molecule has 2 fully saturated rings. The minimum atomic E-state index is -4.54. The zero-order chi connectivity index (χ0) is 25.6. The molecule has 37 heavy (non-hydrogen) atoms. The van der Waals surface area contributed by atoms with E-state index >= 15 is 0 Å². The molecule has 2 aromatic heterocycles. The number of carbonyl (C=O) groups excluding carboxylic acids is 1. The number of H-pyrrole nitrogens is 1. The number of morpholine rings is 1. The highest BCUT2D eigenvalue weighted by Crippen LogP contribution is 2.41. The summed E-state index contributed by atoms with van der Waals surface area (Å²) in [5.74, 6) is 0.747. The summed E-state index contributed by atoms with van der Waals surface area (Å²) < 4.78 is 52.3. The van der Waals surface area contributed by atoms with Gasteiger partial charge >= 0.3 is 6.18 Å². The number of benzene rings is 1. The number of alkyl halides is 3. The van der Waals surface area contributed by atoms with Crippen LogP contribution in [0.15, 0.2) is 18.3 Å². The second-order valence-corrected chi connectivity index (χ2v) is 9.54. The zero-order valence-corrected chi connectivity index (χ0v) is 20.1. The fourth-order valence-corrected chi connectivity index (χ4v) is 5.33. The number of anilines is 3. The highest BCUT2D eigenvalue weighted by atomic mass is 19.4. The Hall–Kier alpha value is -3.54. The summed E-state index contributed by atoms with van der Waals surface area (Å²) in [6.45, 7) is 2.52. The molecule has 1 aromatic carbocycles. The molecule has 2 aliphatic heterocycles. The predicted octanol–water partition coefficient (Wildman–Crippen LogP) is 4.48. The molecular formula is C25H27F3N6O3. The van der Waals surface area contributed by atoms with Crippen molar-refractivity contribution in [3.63, 3.8) is 0 Å². The predicted molar refractivity (Wildman–Crippen MR) is 130 cm³/mol. The van der Waals surface area contributed by atoms with E-state index < -0.39 is 11.7 Å². The minimum absolute atomic E-state index is 0.0556. The first-order valence-electron chi connectivity index (χ1n) is 12.5. The van der Waals surface area contributed by atoms with Gasteiger partial charge in [-0.3, -0.25) is 4.79 Å². The first-order chi connectivity index (χ1) is 17.9. The Balaban J connectivity index is 1.35. The SMILES string of the molecule is O=C(c1ccc(Nc2nc(NC3CCCC3)c3c(C(F)(F)F)c[nH]c3n2)c2c1CCO2)N1CCOCC1. The summed E-state index contributed by atoms with van der Waals surface area (Å²) in [6.07, 6.45) is 0.761. The number of aromatic nitrogens is 3. The van der Waals surface area contributed by atoms with E-state index in [1.165, 1.54) is 0 Å². The maximum Gasteiger partial charge on any atom is 0.418 e. The average Bonchev–Trinajstić information content (AvgIpc) is 3.65. The Bertz CT molecular complexity index is 1330. The van der Waals surface area contributed by atoms with Crippen LogP contribution in [0.2, 0.25) is 0 Å². The average molecular weight is 517 g/mol. The van der Waals surface area contributed by atoms with Crippen LogP contribution < -0.4 is 15.4 Å². The van der Waals surface area contributed by atoms with Gasteiger partial charge in [0.25, 0.3) is 5.91 Å². The van der Waals surface area contributed by atoms with E-state index in [0.717, 1.165) is 37.4 Å². The molecule has 1 aliphatic carbocycles. The summed E-state index contributed by atoms with van der Waals surface area (Å²) in [4.78, 5) is 26.4. The summed E-state index contributed by atoms with van der Waals surface area (Å²) in [5, 5.41) is 6.27.